The predicted molar refractivity (Wildman–Crippen MR) is 80.8 cm³/mol. The van der Waals surface area contributed by atoms with Crippen molar-refractivity contribution in [1.29, 1.82) is 0 Å². The molecule has 1 amide bonds. The van der Waals surface area contributed by atoms with E-state index in [-0.39, 0.29) is 17.8 Å². The van der Waals surface area contributed by atoms with Crippen LogP contribution >= 0.6 is 0 Å². The lowest BCUT2D eigenvalue weighted by molar-refractivity contribution is -0.151. The van der Waals surface area contributed by atoms with Gasteiger partial charge in [-0.15, -0.1) is 0 Å². The fourth-order valence-electron chi connectivity index (χ4n) is 3.25. The SMILES string of the molecule is CCOC(=O)C1CCN(C(=O)CCC2CCCCN2)CC1. The van der Waals surface area contributed by atoms with Gasteiger partial charge < -0.3 is 15.0 Å². The van der Waals surface area contributed by atoms with E-state index >= 15 is 0 Å². The van der Waals surface area contributed by atoms with Gasteiger partial charge in [0.1, 0.15) is 0 Å². The molecule has 5 heteroatoms. The molecule has 2 fully saturated rings. The Balaban J connectivity index is 1.66. The highest BCUT2D eigenvalue weighted by Crippen LogP contribution is 2.20. The summed E-state index contributed by atoms with van der Waals surface area (Å²) >= 11 is 0. The fraction of sp³-hybridized carbons (Fsp3) is 0.875. The zero-order valence-electron chi connectivity index (χ0n) is 13.1. The van der Waals surface area contributed by atoms with Gasteiger partial charge in [0.15, 0.2) is 0 Å². The van der Waals surface area contributed by atoms with Gasteiger partial charge in [0.05, 0.1) is 12.5 Å². The summed E-state index contributed by atoms with van der Waals surface area (Å²) in [5.41, 5.74) is 0. The first-order chi connectivity index (χ1) is 10.2. The molecule has 0 saturated carbocycles. The Labute approximate surface area is 127 Å². The second-order valence-corrected chi connectivity index (χ2v) is 6.09. The number of nitrogens with zero attached hydrogens (tertiary/aromatic N) is 1. The average molecular weight is 296 g/mol. The van der Waals surface area contributed by atoms with Gasteiger partial charge in [-0.3, -0.25) is 9.59 Å². The molecule has 0 aliphatic carbocycles. The normalized spacial score (nSPS) is 23.9. The number of carbonyl (C=O) groups excluding carboxylic acids is 2. The number of carbonyl (C=O) groups is 2. The third-order valence-electron chi connectivity index (χ3n) is 4.59. The van der Waals surface area contributed by atoms with Crippen LogP contribution in [-0.2, 0) is 14.3 Å². The number of likely N-dealkylation sites (tertiary alicyclic amines) is 1. The molecule has 0 aromatic heterocycles. The van der Waals surface area contributed by atoms with Crippen LogP contribution in [0, 0.1) is 5.92 Å². The van der Waals surface area contributed by atoms with Crippen molar-refractivity contribution in [2.45, 2.75) is 57.9 Å². The highest BCUT2D eigenvalue weighted by atomic mass is 16.5. The Morgan fingerprint density at radius 2 is 1.95 bits per heavy atom. The van der Waals surface area contributed by atoms with E-state index in [0.29, 0.717) is 32.2 Å². The van der Waals surface area contributed by atoms with Crippen LogP contribution in [-0.4, -0.2) is 49.1 Å². The van der Waals surface area contributed by atoms with Crippen molar-refractivity contribution < 1.29 is 14.3 Å². The Bertz CT molecular complexity index is 345. The van der Waals surface area contributed by atoms with Gasteiger partial charge in [-0.25, -0.2) is 0 Å². The molecule has 2 saturated heterocycles. The molecule has 0 radical (unpaired) electrons. The van der Waals surface area contributed by atoms with Crippen LogP contribution in [0.15, 0.2) is 0 Å². The highest BCUT2D eigenvalue weighted by molar-refractivity contribution is 5.77. The molecular formula is C16H28N2O3. The van der Waals surface area contributed by atoms with Gasteiger partial charge in [0.25, 0.3) is 0 Å². The molecule has 21 heavy (non-hydrogen) atoms. The molecule has 120 valence electrons. The first-order valence-corrected chi connectivity index (χ1v) is 8.38. The van der Waals surface area contributed by atoms with Gasteiger partial charge in [-0.1, -0.05) is 6.42 Å². The number of hydrogen-bond donors (Lipinski definition) is 1. The van der Waals surface area contributed by atoms with Crippen molar-refractivity contribution in [3.05, 3.63) is 0 Å². The Kier molecular flexibility index (Phi) is 6.49. The predicted octanol–water partition coefficient (Wildman–Crippen LogP) is 1.71. The Morgan fingerprint density at radius 1 is 1.19 bits per heavy atom. The maximum absolute atomic E-state index is 12.2. The number of amides is 1. The molecule has 0 spiro atoms. The van der Waals surface area contributed by atoms with Crippen LogP contribution in [0.5, 0.6) is 0 Å². The minimum absolute atomic E-state index is 0.0194. The average Bonchev–Trinajstić information content (AvgIpc) is 2.54. The Morgan fingerprint density at radius 3 is 2.57 bits per heavy atom. The number of hydrogen-bond acceptors (Lipinski definition) is 4. The maximum atomic E-state index is 12.2. The lowest BCUT2D eigenvalue weighted by Gasteiger charge is -2.31. The molecule has 1 N–H and O–H groups in total. The maximum Gasteiger partial charge on any atom is 0.309 e. The minimum Gasteiger partial charge on any atom is -0.466 e. The summed E-state index contributed by atoms with van der Waals surface area (Å²) in [6, 6.07) is 0.514. The first kappa shape index (κ1) is 16.3. The smallest absolute Gasteiger partial charge is 0.309 e. The van der Waals surface area contributed by atoms with E-state index < -0.39 is 0 Å². The minimum atomic E-state index is -0.101. The number of nitrogens with one attached hydrogen (secondary N) is 1. The van der Waals surface area contributed by atoms with Crippen LogP contribution in [0.2, 0.25) is 0 Å². The van der Waals surface area contributed by atoms with E-state index in [0.717, 1.165) is 25.8 Å². The summed E-state index contributed by atoms with van der Waals surface area (Å²) in [6.07, 6.45) is 6.78. The van der Waals surface area contributed by atoms with Crippen LogP contribution in [0.1, 0.15) is 51.9 Å². The topological polar surface area (TPSA) is 58.6 Å². The zero-order valence-corrected chi connectivity index (χ0v) is 13.1. The van der Waals surface area contributed by atoms with Crippen molar-refractivity contribution in [1.82, 2.24) is 10.2 Å². The number of piperidine rings is 2. The fourth-order valence-corrected chi connectivity index (χ4v) is 3.25. The van der Waals surface area contributed by atoms with Crippen molar-refractivity contribution in [3.63, 3.8) is 0 Å². The molecule has 2 aliphatic rings. The molecule has 2 aliphatic heterocycles. The summed E-state index contributed by atoms with van der Waals surface area (Å²) in [7, 11) is 0. The molecule has 5 nitrogen and oxygen atoms in total. The van der Waals surface area contributed by atoms with E-state index in [9.17, 15) is 9.59 Å². The molecule has 1 atom stereocenters. The lowest BCUT2D eigenvalue weighted by atomic mass is 9.96. The molecule has 0 aromatic rings. The second kappa shape index (κ2) is 8.37. The van der Waals surface area contributed by atoms with Crippen molar-refractivity contribution in [2.75, 3.05) is 26.2 Å². The van der Waals surface area contributed by atoms with Crippen molar-refractivity contribution in [3.8, 4) is 0 Å². The van der Waals surface area contributed by atoms with E-state index in [1.165, 1.54) is 19.3 Å². The molecule has 0 aromatic carbocycles. The summed E-state index contributed by atoms with van der Waals surface area (Å²) in [5, 5.41) is 3.48. The van der Waals surface area contributed by atoms with Crippen LogP contribution in [0.4, 0.5) is 0 Å². The molecule has 2 heterocycles. The lowest BCUT2D eigenvalue weighted by Crippen LogP contribution is -2.41. The van der Waals surface area contributed by atoms with Crippen molar-refractivity contribution >= 4 is 11.9 Å². The summed E-state index contributed by atoms with van der Waals surface area (Å²) in [5.74, 6) is 0.120. The second-order valence-electron chi connectivity index (χ2n) is 6.09. The van der Waals surface area contributed by atoms with E-state index in [1.807, 2.05) is 11.8 Å². The standard InChI is InChI=1S/C16H28N2O3/c1-2-21-16(20)13-8-11-18(12-9-13)15(19)7-6-14-5-3-4-10-17-14/h13-14,17H,2-12H2,1H3. The van der Waals surface area contributed by atoms with Crippen molar-refractivity contribution in [2.24, 2.45) is 5.92 Å². The highest BCUT2D eigenvalue weighted by Gasteiger charge is 2.28. The molecular weight excluding hydrogens is 268 g/mol. The van der Waals surface area contributed by atoms with E-state index in [4.69, 9.17) is 4.74 Å². The number of esters is 1. The van der Waals surface area contributed by atoms with E-state index in [1.54, 1.807) is 0 Å². The molecule has 1 unspecified atom stereocenters. The monoisotopic (exact) mass is 296 g/mol. The largest absolute Gasteiger partial charge is 0.466 e. The van der Waals surface area contributed by atoms with Gasteiger partial charge in [0, 0.05) is 25.6 Å². The Hall–Kier alpha value is -1.10. The third-order valence-corrected chi connectivity index (χ3v) is 4.59. The van der Waals surface area contributed by atoms with Crippen LogP contribution in [0.25, 0.3) is 0 Å². The molecule has 0 bridgehead atoms. The zero-order chi connectivity index (χ0) is 15.1. The van der Waals surface area contributed by atoms with Gasteiger partial charge >= 0.3 is 5.97 Å². The first-order valence-electron chi connectivity index (χ1n) is 8.38. The molecule has 2 rings (SSSR count). The third kappa shape index (κ3) is 4.99. The van der Waals surface area contributed by atoms with Crippen LogP contribution < -0.4 is 5.32 Å². The quantitative estimate of drug-likeness (QED) is 0.785. The number of rotatable bonds is 5. The summed E-state index contributed by atoms with van der Waals surface area (Å²) in [4.78, 5) is 25.8. The number of ether oxygens (including phenoxy) is 1. The summed E-state index contributed by atoms with van der Waals surface area (Å²) < 4.78 is 5.05. The van der Waals surface area contributed by atoms with E-state index in [2.05, 4.69) is 5.32 Å². The van der Waals surface area contributed by atoms with Gasteiger partial charge in [-0.05, 0) is 45.6 Å². The van der Waals surface area contributed by atoms with Gasteiger partial charge in [0.2, 0.25) is 5.91 Å². The summed E-state index contributed by atoms with van der Waals surface area (Å²) in [6.45, 7) is 4.74. The van der Waals surface area contributed by atoms with Crippen LogP contribution in [0.3, 0.4) is 0 Å². The van der Waals surface area contributed by atoms with Gasteiger partial charge in [-0.2, -0.15) is 0 Å².